The second-order valence-corrected chi connectivity index (χ2v) is 6.79. The molecule has 0 radical (unpaired) electrons. The van der Waals surface area contributed by atoms with E-state index in [0.29, 0.717) is 25.4 Å². The molecule has 21 heavy (non-hydrogen) atoms. The fourth-order valence-electron chi connectivity index (χ4n) is 3.87. The summed E-state index contributed by atoms with van der Waals surface area (Å²) in [6.45, 7) is 6.40. The molecule has 2 N–H and O–H groups in total. The quantitative estimate of drug-likeness (QED) is 0.831. The number of hydrogen-bond acceptors (Lipinski definition) is 3. The summed E-state index contributed by atoms with van der Waals surface area (Å²) in [5.41, 5.74) is -0.388. The largest absolute Gasteiger partial charge is 0.480 e. The van der Waals surface area contributed by atoms with Crippen LogP contribution >= 0.6 is 0 Å². The molecule has 1 amide bonds. The highest BCUT2D eigenvalue weighted by Crippen LogP contribution is 2.36. The van der Waals surface area contributed by atoms with Crippen molar-refractivity contribution >= 4 is 11.9 Å². The molecular weight excluding hydrogens is 268 g/mol. The first kappa shape index (κ1) is 16.3. The maximum absolute atomic E-state index is 13.1. The number of rotatable bonds is 4. The van der Waals surface area contributed by atoms with E-state index in [1.54, 1.807) is 4.90 Å². The number of carboxylic acid groups (broad SMARTS) is 1. The van der Waals surface area contributed by atoms with E-state index < -0.39 is 12.0 Å². The van der Waals surface area contributed by atoms with Gasteiger partial charge in [-0.25, -0.2) is 4.79 Å². The Hall–Kier alpha value is -1.10. The third-order valence-corrected chi connectivity index (χ3v) is 5.07. The predicted octanol–water partition coefficient (Wildman–Crippen LogP) is 1.87. The molecule has 5 heteroatoms. The number of carboxylic acids is 1. The number of likely N-dealkylation sites (tertiary alicyclic amines) is 1. The van der Waals surface area contributed by atoms with Crippen molar-refractivity contribution in [2.45, 2.75) is 58.4 Å². The number of aliphatic carboxylic acids is 1. The van der Waals surface area contributed by atoms with Gasteiger partial charge in [0.05, 0.1) is 5.41 Å². The standard InChI is InChI=1S/C16H28N2O3/c1-3-6-16(7-4-8-17-11-16)15(21)18-9-5-12(2)10-13(18)14(19)20/h12-13,17H,3-11H2,1-2H3,(H,19,20). The molecule has 3 unspecified atom stereocenters. The average molecular weight is 296 g/mol. The number of nitrogens with one attached hydrogen (secondary N) is 1. The minimum Gasteiger partial charge on any atom is -0.480 e. The molecule has 0 aliphatic carbocycles. The molecule has 0 saturated carbocycles. The third-order valence-electron chi connectivity index (χ3n) is 5.07. The maximum atomic E-state index is 13.1. The van der Waals surface area contributed by atoms with Crippen molar-refractivity contribution in [1.82, 2.24) is 10.2 Å². The number of hydrogen-bond donors (Lipinski definition) is 2. The van der Waals surface area contributed by atoms with Gasteiger partial charge < -0.3 is 15.3 Å². The van der Waals surface area contributed by atoms with Crippen LogP contribution in [-0.4, -0.2) is 47.6 Å². The predicted molar refractivity (Wildman–Crippen MR) is 81.0 cm³/mol. The van der Waals surface area contributed by atoms with Crippen molar-refractivity contribution < 1.29 is 14.7 Å². The van der Waals surface area contributed by atoms with Gasteiger partial charge in [0, 0.05) is 13.1 Å². The molecule has 0 spiro atoms. The van der Waals surface area contributed by atoms with Crippen LogP contribution in [0.2, 0.25) is 0 Å². The van der Waals surface area contributed by atoms with Gasteiger partial charge in [0.1, 0.15) is 6.04 Å². The van der Waals surface area contributed by atoms with Crippen LogP contribution in [0.25, 0.3) is 0 Å². The number of nitrogens with zero attached hydrogens (tertiary/aromatic N) is 1. The summed E-state index contributed by atoms with van der Waals surface area (Å²) in [7, 11) is 0. The second-order valence-electron chi connectivity index (χ2n) is 6.79. The van der Waals surface area contributed by atoms with Crippen molar-refractivity contribution in [2.24, 2.45) is 11.3 Å². The summed E-state index contributed by atoms with van der Waals surface area (Å²) in [4.78, 5) is 26.3. The molecule has 2 heterocycles. The summed E-state index contributed by atoms with van der Waals surface area (Å²) in [6, 6.07) is -0.642. The summed E-state index contributed by atoms with van der Waals surface area (Å²) in [5, 5.41) is 12.8. The smallest absolute Gasteiger partial charge is 0.326 e. The van der Waals surface area contributed by atoms with Crippen molar-refractivity contribution in [2.75, 3.05) is 19.6 Å². The lowest BCUT2D eigenvalue weighted by Gasteiger charge is -2.44. The molecule has 5 nitrogen and oxygen atoms in total. The molecule has 0 aromatic heterocycles. The molecule has 3 atom stereocenters. The molecule has 0 aromatic carbocycles. The van der Waals surface area contributed by atoms with Crippen LogP contribution in [0.1, 0.15) is 52.4 Å². The van der Waals surface area contributed by atoms with Crippen molar-refractivity contribution in [1.29, 1.82) is 0 Å². The van der Waals surface area contributed by atoms with Crippen LogP contribution in [0.4, 0.5) is 0 Å². The Labute approximate surface area is 127 Å². The highest BCUT2D eigenvalue weighted by Gasteiger charge is 2.45. The Balaban J connectivity index is 2.20. The van der Waals surface area contributed by atoms with Gasteiger partial charge in [0.2, 0.25) is 5.91 Å². The first-order valence-corrected chi connectivity index (χ1v) is 8.25. The normalized spacial score (nSPS) is 33.7. The minimum atomic E-state index is -0.856. The van der Waals surface area contributed by atoms with E-state index in [2.05, 4.69) is 19.2 Å². The van der Waals surface area contributed by atoms with Gasteiger partial charge in [-0.15, -0.1) is 0 Å². The third kappa shape index (κ3) is 3.39. The monoisotopic (exact) mass is 296 g/mol. The highest BCUT2D eigenvalue weighted by atomic mass is 16.4. The lowest BCUT2D eigenvalue weighted by atomic mass is 9.74. The second kappa shape index (κ2) is 6.77. The summed E-state index contributed by atoms with van der Waals surface area (Å²) in [5.74, 6) is -0.414. The van der Waals surface area contributed by atoms with E-state index in [-0.39, 0.29) is 11.3 Å². The molecule has 0 bridgehead atoms. The van der Waals surface area contributed by atoms with Gasteiger partial charge in [0.15, 0.2) is 0 Å². The molecule has 2 aliphatic rings. The van der Waals surface area contributed by atoms with Crippen LogP contribution in [0.3, 0.4) is 0 Å². The van der Waals surface area contributed by atoms with Crippen LogP contribution in [0.5, 0.6) is 0 Å². The van der Waals surface area contributed by atoms with Crippen LogP contribution in [-0.2, 0) is 9.59 Å². The van der Waals surface area contributed by atoms with Gasteiger partial charge in [-0.05, 0) is 44.6 Å². The van der Waals surface area contributed by atoms with Crippen LogP contribution in [0, 0.1) is 11.3 Å². The zero-order chi connectivity index (χ0) is 15.5. The molecule has 0 aromatic rings. The molecule has 2 fully saturated rings. The summed E-state index contributed by atoms with van der Waals surface area (Å²) >= 11 is 0. The number of carbonyl (C=O) groups is 2. The van der Waals surface area contributed by atoms with E-state index in [1.165, 1.54) is 0 Å². The van der Waals surface area contributed by atoms with Crippen LogP contribution < -0.4 is 5.32 Å². The van der Waals surface area contributed by atoms with E-state index in [0.717, 1.165) is 38.6 Å². The van der Waals surface area contributed by atoms with Crippen molar-refractivity contribution in [3.05, 3.63) is 0 Å². The molecule has 2 aliphatic heterocycles. The number of amides is 1. The summed E-state index contributed by atoms with van der Waals surface area (Å²) in [6.07, 6.45) is 5.16. The van der Waals surface area contributed by atoms with Gasteiger partial charge >= 0.3 is 5.97 Å². The minimum absolute atomic E-state index is 0.0656. The Morgan fingerprint density at radius 3 is 2.76 bits per heavy atom. The lowest BCUT2D eigenvalue weighted by molar-refractivity contribution is -0.159. The van der Waals surface area contributed by atoms with Gasteiger partial charge in [-0.1, -0.05) is 20.3 Å². The Morgan fingerprint density at radius 2 is 2.19 bits per heavy atom. The Kier molecular flexibility index (Phi) is 5.25. The van der Waals surface area contributed by atoms with Crippen molar-refractivity contribution in [3.63, 3.8) is 0 Å². The average Bonchev–Trinajstić information content (AvgIpc) is 2.47. The van der Waals surface area contributed by atoms with Crippen LogP contribution in [0.15, 0.2) is 0 Å². The van der Waals surface area contributed by atoms with E-state index >= 15 is 0 Å². The lowest BCUT2D eigenvalue weighted by Crippen LogP contribution is -2.58. The zero-order valence-corrected chi connectivity index (χ0v) is 13.2. The number of piperidine rings is 2. The molecule has 120 valence electrons. The summed E-state index contributed by atoms with van der Waals surface area (Å²) < 4.78 is 0. The van der Waals surface area contributed by atoms with Gasteiger partial charge in [0.25, 0.3) is 0 Å². The highest BCUT2D eigenvalue weighted by molar-refractivity contribution is 5.88. The first-order valence-electron chi connectivity index (χ1n) is 8.25. The van der Waals surface area contributed by atoms with Crippen molar-refractivity contribution in [3.8, 4) is 0 Å². The molecule has 2 saturated heterocycles. The molecule has 2 rings (SSSR count). The topological polar surface area (TPSA) is 69.6 Å². The fourth-order valence-corrected chi connectivity index (χ4v) is 3.87. The van der Waals surface area contributed by atoms with E-state index in [9.17, 15) is 14.7 Å². The zero-order valence-electron chi connectivity index (χ0n) is 13.2. The van der Waals surface area contributed by atoms with Gasteiger partial charge in [-0.3, -0.25) is 4.79 Å². The Morgan fingerprint density at radius 1 is 1.43 bits per heavy atom. The van der Waals surface area contributed by atoms with Gasteiger partial charge in [-0.2, -0.15) is 0 Å². The van der Waals surface area contributed by atoms with E-state index in [4.69, 9.17) is 0 Å². The molecular formula is C16H28N2O3. The Bertz CT molecular complexity index is 385. The first-order chi connectivity index (χ1) is 10.00. The SMILES string of the molecule is CCCC1(C(=O)N2CCC(C)CC2C(=O)O)CCCNC1. The maximum Gasteiger partial charge on any atom is 0.326 e. The number of carbonyl (C=O) groups excluding carboxylic acids is 1. The fraction of sp³-hybridized carbons (Fsp3) is 0.875. The van der Waals surface area contributed by atoms with E-state index in [1.807, 2.05) is 0 Å².